The Morgan fingerprint density at radius 2 is 2.29 bits per heavy atom. The minimum atomic E-state index is -0.537. The summed E-state index contributed by atoms with van der Waals surface area (Å²) in [6.07, 6.45) is 2.27. The van der Waals surface area contributed by atoms with Gasteiger partial charge in [0.2, 0.25) is 4.60 Å². The van der Waals surface area contributed by atoms with Gasteiger partial charge in [-0.05, 0) is 22.7 Å². The number of halogens is 1. The lowest BCUT2D eigenvalue weighted by atomic mass is 10.4. The number of ether oxygens (including phenoxy) is 1. The fourth-order valence-corrected chi connectivity index (χ4v) is 1.41. The minimum Gasteiger partial charge on any atom is -0.490 e. The highest BCUT2D eigenvalue weighted by Crippen LogP contribution is 2.29. The molecule has 5 nitrogen and oxygen atoms in total. The molecular formula is C8H7BrN2O3. The van der Waals surface area contributed by atoms with Gasteiger partial charge in [-0.1, -0.05) is 0 Å². The molecule has 0 unspecified atom stereocenters. The fourth-order valence-electron chi connectivity index (χ4n) is 1.00. The molecule has 0 atom stereocenters. The Labute approximate surface area is 88.4 Å². The zero-order valence-corrected chi connectivity index (χ0v) is 8.73. The average molecular weight is 259 g/mol. The first-order valence-corrected chi connectivity index (χ1v) is 4.93. The molecule has 0 radical (unpaired) electrons. The molecule has 1 saturated carbocycles. The second-order valence-electron chi connectivity index (χ2n) is 3.06. The number of nitrogens with zero attached hydrogens (tertiary/aromatic N) is 2. The van der Waals surface area contributed by atoms with Gasteiger partial charge in [-0.2, -0.15) is 0 Å². The van der Waals surface area contributed by atoms with Crippen LogP contribution in [0.25, 0.3) is 0 Å². The number of hydrogen-bond acceptors (Lipinski definition) is 4. The summed E-state index contributed by atoms with van der Waals surface area (Å²) in [4.78, 5) is 13.6. The van der Waals surface area contributed by atoms with E-state index in [9.17, 15) is 10.1 Å². The van der Waals surface area contributed by atoms with Crippen molar-refractivity contribution < 1.29 is 9.66 Å². The second-order valence-corrected chi connectivity index (χ2v) is 3.87. The van der Waals surface area contributed by atoms with E-state index in [1.807, 2.05) is 0 Å². The molecule has 0 amide bonds. The molecule has 2 rings (SSSR count). The predicted octanol–water partition coefficient (Wildman–Crippen LogP) is 2.29. The predicted molar refractivity (Wildman–Crippen MR) is 52.2 cm³/mol. The van der Waals surface area contributed by atoms with Crippen LogP contribution in [0.4, 0.5) is 5.82 Å². The van der Waals surface area contributed by atoms with Gasteiger partial charge in [-0.25, -0.2) is 0 Å². The molecule has 0 N–H and O–H groups in total. The number of rotatable bonds is 3. The molecule has 1 aromatic rings. The first-order chi connectivity index (χ1) is 6.65. The van der Waals surface area contributed by atoms with Gasteiger partial charge in [0.1, 0.15) is 5.75 Å². The second kappa shape index (κ2) is 3.53. The van der Waals surface area contributed by atoms with E-state index in [1.54, 1.807) is 6.07 Å². The van der Waals surface area contributed by atoms with Gasteiger partial charge in [0.05, 0.1) is 12.2 Å². The van der Waals surface area contributed by atoms with Crippen LogP contribution in [0.5, 0.6) is 5.75 Å². The monoisotopic (exact) mass is 258 g/mol. The van der Waals surface area contributed by atoms with E-state index < -0.39 is 4.92 Å². The summed E-state index contributed by atoms with van der Waals surface area (Å²) in [5.74, 6) is 0.302. The van der Waals surface area contributed by atoms with Crippen LogP contribution in [-0.2, 0) is 0 Å². The highest BCUT2D eigenvalue weighted by atomic mass is 79.9. The number of nitro groups is 1. The summed E-state index contributed by atoms with van der Waals surface area (Å²) in [5.41, 5.74) is 0. The van der Waals surface area contributed by atoms with Gasteiger partial charge in [-0.15, -0.1) is 0 Å². The standard InChI is InChI=1S/C8H7BrN2O3/c9-7-3-6(14-5-1-2-5)4-8(10-7)11(12)13/h3-5H,1-2H2. The van der Waals surface area contributed by atoms with Crippen molar-refractivity contribution in [1.29, 1.82) is 0 Å². The van der Waals surface area contributed by atoms with Crippen LogP contribution in [0.3, 0.4) is 0 Å². The van der Waals surface area contributed by atoms with Crippen LogP contribution >= 0.6 is 15.9 Å². The maximum absolute atomic E-state index is 10.5. The van der Waals surface area contributed by atoms with Crippen LogP contribution in [0.2, 0.25) is 0 Å². The van der Waals surface area contributed by atoms with E-state index in [0.29, 0.717) is 10.4 Å². The zero-order chi connectivity index (χ0) is 10.1. The van der Waals surface area contributed by atoms with Gasteiger partial charge >= 0.3 is 5.82 Å². The van der Waals surface area contributed by atoms with E-state index in [1.165, 1.54) is 6.07 Å². The Morgan fingerprint density at radius 3 is 2.86 bits per heavy atom. The lowest BCUT2D eigenvalue weighted by Crippen LogP contribution is -1.98. The van der Waals surface area contributed by atoms with E-state index in [4.69, 9.17) is 4.74 Å². The van der Waals surface area contributed by atoms with Gasteiger partial charge in [0, 0.05) is 22.0 Å². The van der Waals surface area contributed by atoms with Crippen molar-refractivity contribution in [3.8, 4) is 5.75 Å². The molecule has 0 saturated heterocycles. The van der Waals surface area contributed by atoms with Gasteiger partial charge in [-0.3, -0.25) is 0 Å². The van der Waals surface area contributed by atoms with Crippen molar-refractivity contribution in [3.63, 3.8) is 0 Å². The third-order valence-electron chi connectivity index (χ3n) is 1.77. The first-order valence-electron chi connectivity index (χ1n) is 4.14. The molecular weight excluding hydrogens is 252 g/mol. The molecule has 1 fully saturated rings. The van der Waals surface area contributed by atoms with E-state index >= 15 is 0 Å². The number of pyridine rings is 1. The van der Waals surface area contributed by atoms with Crippen molar-refractivity contribution in [2.45, 2.75) is 18.9 Å². The van der Waals surface area contributed by atoms with Crippen molar-refractivity contribution in [3.05, 3.63) is 26.9 Å². The smallest absolute Gasteiger partial charge is 0.368 e. The molecule has 0 spiro atoms. The van der Waals surface area contributed by atoms with E-state index in [0.717, 1.165) is 12.8 Å². The van der Waals surface area contributed by atoms with Crippen LogP contribution in [0.15, 0.2) is 16.7 Å². The van der Waals surface area contributed by atoms with Crippen molar-refractivity contribution >= 4 is 21.7 Å². The minimum absolute atomic E-state index is 0.199. The zero-order valence-electron chi connectivity index (χ0n) is 7.14. The van der Waals surface area contributed by atoms with Crippen molar-refractivity contribution in [2.75, 3.05) is 0 Å². The lowest BCUT2D eigenvalue weighted by molar-refractivity contribution is -0.389. The Morgan fingerprint density at radius 1 is 1.57 bits per heavy atom. The SMILES string of the molecule is O=[N+]([O-])c1cc(OC2CC2)cc(Br)n1. The van der Waals surface area contributed by atoms with Crippen LogP contribution in [-0.4, -0.2) is 16.0 Å². The highest BCUT2D eigenvalue weighted by Gasteiger charge is 2.25. The number of aromatic nitrogens is 1. The molecule has 6 heteroatoms. The molecule has 1 aliphatic rings. The van der Waals surface area contributed by atoms with Gasteiger partial charge in [0.15, 0.2) is 0 Å². The number of hydrogen-bond donors (Lipinski definition) is 0. The van der Waals surface area contributed by atoms with Crippen LogP contribution in [0, 0.1) is 10.1 Å². The quantitative estimate of drug-likeness (QED) is 0.474. The molecule has 1 heterocycles. The van der Waals surface area contributed by atoms with Crippen LogP contribution < -0.4 is 4.74 Å². The largest absolute Gasteiger partial charge is 0.490 e. The highest BCUT2D eigenvalue weighted by molar-refractivity contribution is 9.10. The Hall–Kier alpha value is -1.17. The van der Waals surface area contributed by atoms with Gasteiger partial charge < -0.3 is 14.9 Å². The summed E-state index contributed by atoms with van der Waals surface area (Å²) < 4.78 is 5.84. The van der Waals surface area contributed by atoms with Crippen molar-refractivity contribution in [2.24, 2.45) is 0 Å². The summed E-state index contributed by atoms with van der Waals surface area (Å²) in [7, 11) is 0. The Bertz CT molecular complexity index is 379. The first kappa shape index (κ1) is 9.39. The van der Waals surface area contributed by atoms with Gasteiger partial charge in [0.25, 0.3) is 0 Å². The summed E-state index contributed by atoms with van der Waals surface area (Å²) >= 11 is 3.10. The van der Waals surface area contributed by atoms with E-state index in [2.05, 4.69) is 20.9 Å². The molecule has 1 aliphatic carbocycles. The maximum atomic E-state index is 10.5. The van der Waals surface area contributed by atoms with E-state index in [-0.39, 0.29) is 11.9 Å². The normalized spacial score (nSPS) is 15.2. The lowest BCUT2D eigenvalue weighted by Gasteiger charge is -2.02. The maximum Gasteiger partial charge on any atom is 0.368 e. The molecule has 0 aliphatic heterocycles. The third-order valence-corrected chi connectivity index (χ3v) is 2.17. The van der Waals surface area contributed by atoms with Crippen molar-refractivity contribution in [1.82, 2.24) is 4.98 Å². The fraction of sp³-hybridized carbons (Fsp3) is 0.375. The summed E-state index contributed by atoms with van der Waals surface area (Å²) in [5, 5.41) is 10.5. The Kier molecular flexibility index (Phi) is 2.37. The average Bonchev–Trinajstić information content (AvgIpc) is 2.87. The molecule has 14 heavy (non-hydrogen) atoms. The summed E-state index contributed by atoms with van der Waals surface area (Å²) in [6, 6.07) is 2.97. The molecule has 1 aromatic heterocycles. The third kappa shape index (κ3) is 2.20. The van der Waals surface area contributed by atoms with Crippen LogP contribution in [0.1, 0.15) is 12.8 Å². The molecule has 0 bridgehead atoms. The summed E-state index contributed by atoms with van der Waals surface area (Å²) in [6.45, 7) is 0. The molecule has 74 valence electrons. The molecule has 0 aromatic carbocycles. The Balaban J connectivity index is 2.25. The topological polar surface area (TPSA) is 65.3 Å².